The molecule has 0 atom stereocenters. The van der Waals surface area contributed by atoms with Gasteiger partial charge in [0.1, 0.15) is 12.4 Å². The normalized spacial score (nSPS) is 10.1. The molecule has 1 N–H and O–H groups in total. The van der Waals surface area contributed by atoms with Crippen LogP contribution in [0.4, 0.5) is 4.79 Å². The van der Waals surface area contributed by atoms with E-state index in [0.717, 1.165) is 11.3 Å². The van der Waals surface area contributed by atoms with Crippen LogP contribution in [0.1, 0.15) is 11.1 Å². The van der Waals surface area contributed by atoms with Crippen molar-refractivity contribution < 1.29 is 9.53 Å². The van der Waals surface area contributed by atoms with Crippen molar-refractivity contribution in [1.82, 2.24) is 10.2 Å². The Morgan fingerprint density at radius 1 is 1.09 bits per heavy atom. The second-order valence-electron chi connectivity index (χ2n) is 5.23. The Morgan fingerprint density at radius 3 is 2.45 bits per heavy atom. The van der Waals surface area contributed by atoms with Crippen LogP contribution in [0.2, 0.25) is 0 Å². The van der Waals surface area contributed by atoms with E-state index in [4.69, 9.17) is 4.74 Å². The molecule has 0 aliphatic heterocycles. The number of para-hydroxylation sites is 1. The highest BCUT2D eigenvalue weighted by atomic mass is 16.5. The lowest BCUT2D eigenvalue weighted by Gasteiger charge is -2.18. The van der Waals surface area contributed by atoms with Gasteiger partial charge in [-0.1, -0.05) is 48.0 Å². The Bertz CT molecular complexity index is 582. The molecule has 0 aliphatic rings. The number of amides is 2. The largest absolute Gasteiger partial charge is 0.492 e. The van der Waals surface area contributed by atoms with E-state index in [1.54, 1.807) is 11.9 Å². The van der Waals surface area contributed by atoms with Gasteiger partial charge in [-0.15, -0.1) is 0 Å². The summed E-state index contributed by atoms with van der Waals surface area (Å²) in [7, 11) is 1.76. The van der Waals surface area contributed by atoms with Crippen molar-refractivity contribution in [3.8, 4) is 5.75 Å². The molecule has 0 saturated heterocycles. The number of urea groups is 1. The third kappa shape index (κ3) is 5.13. The smallest absolute Gasteiger partial charge is 0.317 e. The number of aryl methyl sites for hydroxylation is 1. The number of carbonyl (C=O) groups is 1. The quantitative estimate of drug-likeness (QED) is 0.889. The molecule has 4 nitrogen and oxygen atoms in total. The fourth-order valence-electron chi connectivity index (χ4n) is 1.94. The van der Waals surface area contributed by atoms with Gasteiger partial charge in [-0.05, 0) is 24.6 Å². The minimum absolute atomic E-state index is 0.0998. The zero-order valence-corrected chi connectivity index (χ0v) is 13.1. The van der Waals surface area contributed by atoms with E-state index < -0.39 is 0 Å². The summed E-state index contributed by atoms with van der Waals surface area (Å²) < 4.78 is 5.58. The lowest BCUT2D eigenvalue weighted by molar-refractivity contribution is 0.195. The van der Waals surface area contributed by atoms with Crippen molar-refractivity contribution in [3.05, 3.63) is 65.7 Å². The molecule has 22 heavy (non-hydrogen) atoms. The minimum Gasteiger partial charge on any atom is -0.492 e. The molecule has 0 saturated carbocycles. The zero-order chi connectivity index (χ0) is 15.8. The van der Waals surface area contributed by atoms with Crippen LogP contribution in [0.5, 0.6) is 5.75 Å². The van der Waals surface area contributed by atoms with Crippen LogP contribution in [-0.2, 0) is 6.54 Å². The highest BCUT2D eigenvalue weighted by Crippen LogP contribution is 2.08. The maximum Gasteiger partial charge on any atom is 0.317 e. The summed E-state index contributed by atoms with van der Waals surface area (Å²) >= 11 is 0. The van der Waals surface area contributed by atoms with Gasteiger partial charge in [0.2, 0.25) is 0 Å². The Kier molecular flexibility index (Phi) is 5.83. The maximum atomic E-state index is 12.0. The van der Waals surface area contributed by atoms with Crippen LogP contribution in [0.25, 0.3) is 0 Å². The summed E-state index contributed by atoms with van der Waals surface area (Å²) in [6.07, 6.45) is 0. The molecular weight excluding hydrogens is 276 g/mol. The van der Waals surface area contributed by atoms with Gasteiger partial charge in [0.15, 0.2) is 0 Å². The number of ether oxygens (including phenoxy) is 1. The fourth-order valence-corrected chi connectivity index (χ4v) is 1.94. The number of benzene rings is 2. The van der Waals surface area contributed by atoms with Gasteiger partial charge in [0, 0.05) is 13.6 Å². The maximum absolute atomic E-state index is 12.0. The van der Waals surface area contributed by atoms with Gasteiger partial charge in [0.05, 0.1) is 6.54 Å². The van der Waals surface area contributed by atoms with Gasteiger partial charge in [0.25, 0.3) is 0 Å². The minimum atomic E-state index is -0.0998. The lowest BCUT2D eigenvalue weighted by atomic mass is 10.1. The van der Waals surface area contributed by atoms with E-state index in [1.165, 1.54) is 5.56 Å². The molecule has 0 fully saturated rings. The van der Waals surface area contributed by atoms with Crippen molar-refractivity contribution in [2.45, 2.75) is 13.5 Å². The average Bonchev–Trinajstić information content (AvgIpc) is 2.55. The van der Waals surface area contributed by atoms with Crippen LogP contribution in [0.3, 0.4) is 0 Å². The number of hydrogen-bond acceptors (Lipinski definition) is 2. The van der Waals surface area contributed by atoms with Gasteiger partial charge in [-0.3, -0.25) is 0 Å². The molecule has 116 valence electrons. The van der Waals surface area contributed by atoms with Gasteiger partial charge in [-0.25, -0.2) is 4.79 Å². The predicted octanol–water partition coefficient (Wildman–Crippen LogP) is 3.22. The molecule has 0 heterocycles. The summed E-state index contributed by atoms with van der Waals surface area (Å²) in [4.78, 5) is 13.6. The van der Waals surface area contributed by atoms with Crippen molar-refractivity contribution in [2.75, 3.05) is 20.2 Å². The van der Waals surface area contributed by atoms with E-state index >= 15 is 0 Å². The standard InChI is InChI=1S/C18H22N2O2/c1-15-8-10-16(11-9-15)14-19-18(21)20(2)12-13-22-17-6-4-3-5-7-17/h3-11H,12-14H2,1-2H3,(H,19,21). The fraction of sp³-hybridized carbons (Fsp3) is 0.278. The number of hydrogen-bond donors (Lipinski definition) is 1. The molecule has 0 spiro atoms. The van der Waals surface area contributed by atoms with Crippen molar-refractivity contribution >= 4 is 6.03 Å². The summed E-state index contributed by atoms with van der Waals surface area (Å²) in [5, 5.41) is 2.90. The molecule has 4 heteroatoms. The van der Waals surface area contributed by atoms with Crippen molar-refractivity contribution in [2.24, 2.45) is 0 Å². The second kappa shape index (κ2) is 8.08. The SMILES string of the molecule is Cc1ccc(CNC(=O)N(C)CCOc2ccccc2)cc1. The van der Waals surface area contributed by atoms with Crippen molar-refractivity contribution in [3.63, 3.8) is 0 Å². The summed E-state index contributed by atoms with van der Waals surface area (Å²) in [5.41, 5.74) is 2.30. The van der Waals surface area contributed by atoms with Crippen LogP contribution in [0, 0.1) is 6.92 Å². The molecule has 2 rings (SSSR count). The van der Waals surface area contributed by atoms with Crippen LogP contribution in [0.15, 0.2) is 54.6 Å². The van der Waals surface area contributed by atoms with Crippen LogP contribution >= 0.6 is 0 Å². The first kappa shape index (κ1) is 15.9. The Labute approximate surface area is 131 Å². The summed E-state index contributed by atoms with van der Waals surface area (Å²) in [5.74, 6) is 0.816. The number of nitrogens with zero attached hydrogens (tertiary/aromatic N) is 1. The Morgan fingerprint density at radius 2 is 1.77 bits per heavy atom. The van der Waals surface area contributed by atoms with E-state index in [0.29, 0.717) is 19.7 Å². The molecule has 0 aliphatic carbocycles. The van der Waals surface area contributed by atoms with Gasteiger partial charge in [-0.2, -0.15) is 0 Å². The molecule has 0 unspecified atom stereocenters. The number of carbonyl (C=O) groups excluding carboxylic acids is 1. The lowest BCUT2D eigenvalue weighted by Crippen LogP contribution is -2.39. The molecular formula is C18H22N2O2. The number of rotatable bonds is 6. The monoisotopic (exact) mass is 298 g/mol. The van der Waals surface area contributed by atoms with Crippen LogP contribution in [-0.4, -0.2) is 31.1 Å². The third-order valence-corrected chi connectivity index (χ3v) is 3.35. The average molecular weight is 298 g/mol. The first-order valence-electron chi connectivity index (χ1n) is 7.37. The highest BCUT2D eigenvalue weighted by molar-refractivity contribution is 5.73. The first-order chi connectivity index (χ1) is 10.6. The first-order valence-corrected chi connectivity index (χ1v) is 7.37. The second-order valence-corrected chi connectivity index (χ2v) is 5.23. The van der Waals surface area contributed by atoms with E-state index in [2.05, 4.69) is 5.32 Å². The predicted molar refractivity (Wildman–Crippen MR) is 88.0 cm³/mol. The summed E-state index contributed by atoms with van der Waals surface area (Å²) in [6, 6.07) is 17.6. The Balaban J connectivity index is 1.69. The molecule has 0 bridgehead atoms. The van der Waals surface area contributed by atoms with Gasteiger partial charge < -0.3 is 15.0 Å². The topological polar surface area (TPSA) is 41.6 Å². The van der Waals surface area contributed by atoms with E-state index in [-0.39, 0.29) is 6.03 Å². The molecule has 0 radical (unpaired) electrons. The summed E-state index contributed by atoms with van der Waals surface area (Å²) in [6.45, 7) is 3.58. The van der Waals surface area contributed by atoms with Crippen molar-refractivity contribution in [1.29, 1.82) is 0 Å². The van der Waals surface area contributed by atoms with Crippen LogP contribution < -0.4 is 10.1 Å². The molecule has 2 amide bonds. The number of nitrogens with one attached hydrogen (secondary N) is 1. The molecule has 2 aromatic carbocycles. The van der Waals surface area contributed by atoms with E-state index in [9.17, 15) is 4.79 Å². The van der Waals surface area contributed by atoms with Gasteiger partial charge >= 0.3 is 6.03 Å². The molecule has 2 aromatic rings. The number of likely N-dealkylation sites (N-methyl/N-ethyl adjacent to an activating group) is 1. The Hall–Kier alpha value is -2.49. The third-order valence-electron chi connectivity index (χ3n) is 3.35. The zero-order valence-electron chi connectivity index (χ0n) is 13.1. The van der Waals surface area contributed by atoms with E-state index in [1.807, 2.05) is 61.5 Å². The highest BCUT2D eigenvalue weighted by Gasteiger charge is 2.07. The molecule has 0 aromatic heterocycles.